The van der Waals surface area contributed by atoms with Crippen LogP contribution in [0, 0.1) is 0 Å². The molecular weight excluding hydrogens is 346 g/mol. The summed E-state index contributed by atoms with van der Waals surface area (Å²) in [5.74, 6) is -0.735. The number of thiophene rings is 1. The average molecular weight is 370 g/mol. The van der Waals surface area contributed by atoms with Crippen molar-refractivity contribution in [2.24, 2.45) is 5.73 Å². The Morgan fingerprint density at radius 1 is 1.27 bits per heavy atom. The zero-order chi connectivity index (χ0) is 18.7. The lowest BCUT2D eigenvalue weighted by Gasteiger charge is -2.27. The van der Waals surface area contributed by atoms with Gasteiger partial charge in [0.15, 0.2) is 0 Å². The molecule has 0 radical (unpaired) electrons. The van der Waals surface area contributed by atoms with Gasteiger partial charge >= 0.3 is 0 Å². The highest BCUT2D eigenvalue weighted by molar-refractivity contribution is 7.17. The first-order valence-electron chi connectivity index (χ1n) is 8.78. The number of quaternary nitrogens is 1. The fraction of sp³-hybridized carbons (Fsp3) is 0.300. The summed E-state index contributed by atoms with van der Waals surface area (Å²) in [6.45, 7) is 6.23. The summed E-state index contributed by atoms with van der Waals surface area (Å²) in [4.78, 5) is 26.9. The SMILES string of the molecule is CC(C)[NH+]1CCc2c(sc(NC(=O)C=Cc3ccccc3)c2C(N)=O)C1. The molecule has 0 spiro atoms. The molecular formula is C20H24N3O2S+. The minimum Gasteiger partial charge on any atom is -0.365 e. The Balaban J connectivity index is 1.80. The van der Waals surface area contributed by atoms with Crippen molar-refractivity contribution in [3.05, 3.63) is 58.0 Å². The highest BCUT2D eigenvalue weighted by Crippen LogP contribution is 2.34. The molecule has 6 heteroatoms. The average Bonchev–Trinajstić information content (AvgIpc) is 2.97. The number of hydrogen-bond acceptors (Lipinski definition) is 3. The van der Waals surface area contributed by atoms with E-state index in [0.29, 0.717) is 16.6 Å². The molecule has 1 atom stereocenters. The van der Waals surface area contributed by atoms with Gasteiger partial charge in [0.25, 0.3) is 5.91 Å². The topological polar surface area (TPSA) is 76.6 Å². The maximum Gasteiger partial charge on any atom is 0.252 e. The van der Waals surface area contributed by atoms with Crippen molar-refractivity contribution in [2.45, 2.75) is 32.9 Å². The van der Waals surface area contributed by atoms with E-state index in [1.807, 2.05) is 30.3 Å². The largest absolute Gasteiger partial charge is 0.365 e. The number of benzene rings is 1. The molecule has 2 amide bonds. The fourth-order valence-corrected chi connectivity index (χ4v) is 4.54. The van der Waals surface area contributed by atoms with Crippen LogP contribution < -0.4 is 16.0 Å². The van der Waals surface area contributed by atoms with Crippen LogP contribution in [0.2, 0.25) is 0 Å². The lowest BCUT2D eigenvalue weighted by atomic mass is 10.0. The first kappa shape index (κ1) is 18.4. The van der Waals surface area contributed by atoms with Crippen molar-refractivity contribution in [2.75, 3.05) is 11.9 Å². The van der Waals surface area contributed by atoms with Crippen LogP contribution in [0.1, 0.15) is 40.2 Å². The Kier molecular flexibility index (Phi) is 5.54. The minimum absolute atomic E-state index is 0.261. The standard InChI is InChI=1S/C20H23N3O2S/c1-13(2)23-11-10-15-16(12-23)26-20(18(15)19(21)25)22-17(24)9-8-14-6-4-3-5-7-14/h3-9,13H,10-12H2,1-2H3,(H2,21,25)(H,22,24)/p+1. The zero-order valence-corrected chi connectivity index (χ0v) is 15.9. The number of rotatable bonds is 5. The second-order valence-electron chi connectivity index (χ2n) is 6.80. The summed E-state index contributed by atoms with van der Waals surface area (Å²) in [5.41, 5.74) is 8.04. The fourth-order valence-electron chi connectivity index (χ4n) is 3.23. The maximum absolute atomic E-state index is 12.3. The highest BCUT2D eigenvalue weighted by Gasteiger charge is 2.30. The maximum atomic E-state index is 12.3. The van der Waals surface area contributed by atoms with Gasteiger partial charge in [0.2, 0.25) is 5.91 Å². The van der Waals surface area contributed by atoms with Gasteiger partial charge < -0.3 is 16.0 Å². The van der Waals surface area contributed by atoms with E-state index in [9.17, 15) is 9.59 Å². The Morgan fingerprint density at radius 2 is 2.00 bits per heavy atom. The van der Waals surface area contributed by atoms with Crippen LogP contribution in [-0.4, -0.2) is 24.4 Å². The van der Waals surface area contributed by atoms with Gasteiger partial charge in [0.1, 0.15) is 11.5 Å². The molecule has 0 saturated carbocycles. The lowest BCUT2D eigenvalue weighted by Crippen LogP contribution is -3.14. The molecule has 1 aliphatic heterocycles. The predicted octanol–water partition coefficient (Wildman–Crippen LogP) is 1.85. The minimum atomic E-state index is -0.474. The molecule has 1 unspecified atom stereocenters. The molecule has 2 aromatic rings. The van der Waals surface area contributed by atoms with E-state index in [-0.39, 0.29) is 5.91 Å². The summed E-state index contributed by atoms with van der Waals surface area (Å²) >= 11 is 1.47. The number of anilines is 1. The molecule has 1 aromatic carbocycles. The highest BCUT2D eigenvalue weighted by atomic mass is 32.1. The molecule has 4 N–H and O–H groups in total. The quantitative estimate of drug-likeness (QED) is 0.703. The van der Waals surface area contributed by atoms with Crippen molar-refractivity contribution in [1.29, 1.82) is 0 Å². The molecule has 1 aromatic heterocycles. The van der Waals surface area contributed by atoms with Crippen LogP contribution in [-0.2, 0) is 17.8 Å². The van der Waals surface area contributed by atoms with Crippen molar-refractivity contribution >= 4 is 34.2 Å². The third-order valence-corrected chi connectivity index (χ3v) is 5.85. The van der Waals surface area contributed by atoms with Gasteiger partial charge in [0, 0.05) is 12.5 Å². The molecule has 0 aliphatic carbocycles. The number of carbonyl (C=O) groups is 2. The molecule has 5 nitrogen and oxygen atoms in total. The van der Waals surface area contributed by atoms with Crippen LogP contribution in [0.5, 0.6) is 0 Å². The number of carbonyl (C=O) groups excluding carboxylic acids is 2. The van der Waals surface area contributed by atoms with Crippen LogP contribution in [0.15, 0.2) is 36.4 Å². The van der Waals surface area contributed by atoms with Crippen LogP contribution in [0.4, 0.5) is 5.00 Å². The predicted molar refractivity (Wildman–Crippen MR) is 105 cm³/mol. The Morgan fingerprint density at radius 3 is 2.65 bits per heavy atom. The summed E-state index contributed by atoms with van der Waals surface area (Å²) in [6, 6.07) is 10.1. The first-order valence-corrected chi connectivity index (χ1v) is 9.60. The number of fused-ring (bicyclic) bond motifs is 1. The van der Waals surface area contributed by atoms with Gasteiger partial charge in [-0.3, -0.25) is 9.59 Å². The number of nitrogens with two attached hydrogens (primary N) is 1. The number of amides is 2. The first-order chi connectivity index (χ1) is 12.5. The third-order valence-electron chi connectivity index (χ3n) is 4.70. The van der Waals surface area contributed by atoms with E-state index >= 15 is 0 Å². The van der Waals surface area contributed by atoms with Gasteiger partial charge in [-0.2, -0.15) is 0 Å². The summed E-state index contributed by atoms with van der Waals surface area (Å²) in [5, 5.41) is 3.41. The van der Waals surface area contributed by atoms with E-state index in [1.165, 1.54) is 22.3 Å². The molecule has 3 rings (SSSR count). The van der Waals surface area contributed by atoms with E-state index in [0.717, 1.165) is 35.5 Å². The summed E-state index contributed by atoms with van der Waals surface area (Å²) in [6.07, 6.45) is 4.04. The van der Waals surface area contributed by atoms with Crippen LogP contribution in [0.25, 0.3) is 6.08 Å². The van der Waals surface area contributed by atoms with Crippen LogP contribution in [0.3, 0.4) is 0 Å². The van der Waals surface area contributed by atoms with Crippen molar-refractivity contribution < 1.29 is 14.5 Å². The molecule has 136 valence electrons. The molecule has 0 saturated heterocycles. The second-order valence-corrected chi connectivity index (χ2v) is 7.90. The Hall–Kier alpha value is -2.44. The number of hydrogen-bond donors (Lipinski definition) is 3. The number of primary amides is 1. The molecule has 2 heterocycles. The third kappa shape index (κ3) is 4.03. The normalized spacial score (nSPS) is 16.7. The van der Waals surface area contributed by atoms with Crippen LogP contribution >= 0.6 is 11.3 Å². The van der Waals surface area contributed by atoms with Gasteiger partial charge in [-0.15, -0.1) is 11.3 Å². The monoisotopic (exact) mass is 370 g/mol. The van der Waals surface area contributed by atoms with Gasteiger partial charge in [0.05, 0.1) is 23.0 Å². The Bertz CT molecular complexity index is 840. The van der Waals surface area contributed by atoms with Crippen molar-refractivity contribution in [1.82, 2.24) is 0 Å². The molecule has 0 bridgehead atoms. The van der Waals surface area contributed by atoms with Gasteiger partial charge in [-0.05, 0) is 31.1 Å². The van der Waals surface area contributed by atoms with E-state index in [2.05, 4.69) is 19.2 Å². The second kappa shape index (κ2) is 7.85. The number of nitrogens with one attached hydrogen (secondary N) is 2. The molecule has 1 aliphatic rings. The Labute approximate surface area is 157 Å². The van der Waals surface area contributed by atoms with Gasteiger partial charge in [-0.25, -0.2) is 0 Å². The summed E-state index contributed by atoms with van der Waals surface area (Å²) < 4.78 is 0. The van der Waals surface area contributed by atoms with Crippen molar-refractivity contribution in [3.8, 4) is 0 Å². The van der Waals surface area contributed by atoms with E-state index in [4.69, 9.17) is 5.73 Å². The van der Waals surface area contributed by atoms with E-state index < -0.39 is 5.91 Å². The smallest absolute Gasteiger partial charge is 0.252 e. The molecule has 26 heavy (non-hydrogen) atoms. The van der Waals surface area contributed by atoms with Crippen molar-refractivity contribution in [3.63, 3.8) is 0 Å². The van der Waals surface area contributed by atoms with Gasteiger partial charge in [-0.1, -0.05) is 30.3 Å². The van der Waals surface area contributed by atoms with E-state index in [1.54, 1.807) is 6.08 Å². The summed E-state index contributed by atoms with van der Waals surface area (Å²) in [7, 11) is 0. The zero-order valence-electron chi connectivity index (χ0n) is 15.0. The lowest BCUT2D eigenvalue weighted by molar-refractivity contribution is -0.936. The molecule has 0 fully saturated rings.